The van der Waals surface area contributed by atoms with Crippen LogP contribution in [0, 0.1) is 0 Å². The number of hydrogen-bond donors (Lipinski definition) is 1. The van der Waals surface area contributed by atoms with Crippen molar-refractivity contribution in [2.75, 3.05) is 13.1 Å². The molecule has 2 aromatic rings. The third-order valence-electron chi connectivity index (χ3n) is 4.53. The first kappa shape index (κ1) is 17.3. The molecule has 0 saturated carbocycles. The van der Waals surface area contributed by atoms with Gasteiger partial charge in [0.2, 0.25) is 5.91 Å². The molecule has 0 aromatic carbocycles. The standard InChI is InChI=1S/C18H24N4O3/c1-3-17-19-8-10-22(17)14-5-4-9-21(12-14)18(24)16-7-6-15(25-16)11-20-13(2)23/h6-8,10,14H,3-5,9,11-12H2,1-2H3,(H,20,23). The molecule has 1 fully saturated rings. The summed E-state index contributed by atoms with van der Waals surface area (Å²) in [6.07, 6.45) is 6.69. The minimum absolute atomic E-state index is 0.100. The van der Waals surface area contributed by atoms with E-state index in [2.05, 4.69) is 21.8 Å². The van der Waals surface area contributed by atoms with Crippen molar-refractivity contribution in [3.8, 4) is 0 Å². The van der Waals surface area contributed by atoms with Gasteiger partial charge in [0.05, 0.1) is 12.6 Å². The Bertz CT molecular complexity index is 749. The molecule has 7 nitrogen and oxygen atoms in total. The van der Waals surface area contributed by atoms with Gasteiger partial charge in [-0.2, -0.15) is 0 Å². The molecule has 2 amide bonds. The number of piperidine rings is 1. The largest absolute Gasteiger partial charge is 0.454 e. The Kier molecular flexibility index (Phi) is 5.21. The van der Waals surface area contributed by atoms with Crippen molar-refractivity contribution in [1.82, 2.24) is 19.8 Å². The molecule has 1 aliphatic rings. The van der Waals surface area contributed by atoms with Crippen LogP contribution < -0.4 is 5.32 Å². The van der Waals surface area contributed by atoms with Gasteiger partial charge in [-0.15, -0.1) is 0 Å². The van der Waals surface area contributed by atoms with Crippen LogP contribution in [0.1, 0.15) is 54.9 Å². The van der Waals surface area contributed by atoms with Crippen LogP contribution in [0.15, 0.2) is 28.9 Å². The van der Waals surface area contributed by atoms with Gasteiger partial charge in [0, 0.05) is 38.8 Å². The van der Waals surface area contributed by atoms with E-state index in [0.29, 0.717) is 24.6 Å². The maximum atomic E-state index is 12.7. The third-order valence-corrected chi connectivity index (χ3v) is 4.53. The van der Waals surface area contributed by atoms with Crippen LogP contribution in [0.3, 0.4) is 0 Å². The highest BCUT2D eigenvalue weighted by Crippen LogP contribution is 2.24. The van der Waals surface area contributed by atoms with Gasteiger partial charge >= 0.3 is 0 Å². The van der Waals surface area contributed by atoms with Crippen molar-refractivity contribution in [3.63, 3.8) is 0 Å². The highest BCUT2D eigenvalue weighted by molar-refractivity contribution is 5.91. The van der Waals surface area contributed by atoms with E-state index in [1.807, 2.05) is 17.3 Å². The number of nitrogens with one attached hydrogen (secondary N) is 1. The molecule has 0 spiro atoms. The fourth-order valence-corrected chi connectivity index (χ4v) is 3.27. The Hall–Kier alpha value is -2.57. The number of furan rings is 1. The maximum absolute atomic E-state index is 12.7. The SMILES string of the molecule is CCc1nccn1C1CCCN(C(=O)c2ccc(CNC(C)=O)o2)C1. The van der Waals surface area contributed by atoms with Gasteiger partial charge in [0.25, 0.3) is 5.91 Å². The van der Waals surface area contributed by atoms with E-state index in [1.165, 1.54) is 6.92 Å². The summed E-state index contributed by atoms with van der Waals surface area (Å²) in [6, 6.07) is 3.66. The normalized spacial score (nSPS) is 17.5. The molecule has 0 bridgehead atoms. The molecule has 25 heavy (non-hydrogen) atoms. The van der Waals surface area contributed by atoms with E-state index >= 15 is 0 Å². The lowest BCUT2D eigenvalue weighted by Crippen LogP contribution is -2.40. The lowest BCUT2D eigenvalue weighted by Gasteiger charge is -2.33. The van der Waals surface area contributed by atoms with E-state index < -0.39 is 0 Å². The van der Waals surface area contributed by atoms with Gasteiger partial charge in [-0.1, -0.05) is 6.92 Å². The van der Waals surface area contributed by atoms with Gasteiger partial charge in [0.15, 0.2) is 5.76 Å². The van der Waals surface area contributed by atoms with Gasteiger partial charge in [-0.3, -0.25) is 9.59 Å². The molecule has 3 rings (SSSR count). The average Bonchev–Trinajstić information content (AvgIpc) is 3.28. The minimum Gasteiger partial charge on any atom is -0.454 e. The Balaban J connectivity index is 1.67. The summed E-state index contributed by atoms with van der Waals surface area (Å²) >= 11 is 0. The predicted octanol–water partition coefficient (Wildman–Crippen LogP) is 2.15. The lowest BCUT2D eigenvalue weighted by molar-refractivity contribution is -0.119. The highest BCUT2D eigenvalue weighted by Gasteiger charge is 2.27. The van der Waals surface area contributed by atoms with Crippen LogP contribution in [0.5, 0.6) is 0 Å². The molecule has 1 saturated heterocycles. The predicted molar refractivity (Wildman–Crippen MR) is 92.0 cm³/mol. The van der Waals surface area contributed by atoms with Crippen molar-refractivity contribution in [2.24, 2.45) is 0 Å². The van der Waals surface area contributed by atoms with Crippen LogP contribution >= 0.6 is 0 Å². The number of imidazole rings is 1. The number of hydrogen-bond acceptors (Lipinski definition) is 4. The van der Waals surface area contributed by atoms with Crippen molar-refractivity contribution >= 4 is 11.8 Å². The van der Waals surface area contributed by atoms with Crippen molar-refractivity contribution < 1.29 is 14.0 Å². The summed E-state index contributed by atoms with van der Waals surface area (Å²) in [7, 11) is 0. The number of carbonyl (C=O) groups excluding carboxylic acids is 2. The Labute approximate surface area is 147 Å². The van der Waals surface area contributed by atoms with E-state index in [9.17, 15) is 9.59 Å². The van der Waals surface area contributed by atoms with Crippen LogP contribution in [-0.2, 0) is 17.8 Å². The summed E-state index contributed by atoms with van der Waals surface area (Å²) in [5.41, 5.74) is 0. The number of aryl methyl sites for hydroxylation is 1. The zero-order valence-electron chi connectivity index (χ0n) is 14.7. The number of rotatable bonds is 5. The molecule has 1 N–H and O–H groups in total. The van der Waals surface area contributed by atoms with E-state index in [4.69, 9.17) is 4.42 Å². The Morgan fingerprint density at radius 3 is 3.00 bits per heavy atom. The number of likely N-dealkylation sites (tertiary alicyclic amines) is 1. The summed E-state index contributed by atoms with van der Waals surface area (Å²) in [5, 5.41) is 2.66. The van der Waals surface area contributed by atoms with Gasteiger partial charge in [-0.25, -0.2) is 4.98 Å². The second-order valence-corrected chi connectivity index (χ2v) is 6.33. The van der Waals surface area contributed by atoms with Crippen LogP contribution in [-0.4, -0.2) is 39.4 Å². The van der Waals surface area contributed by atoms with Crippen LogP contribution in [0.25, 0.3) is 0 Å². The number of carbonyl (C=O) groups is 2. The van der Waals surface area contributed by atoms with Crippen molar-refractivity contribution in [3.05, 3.63) is 41.9 Å². The minimum atomic E-state index is -0.129. The van der Waals surface area contributed by atoms with E-state index in [0.717, 1.165) is 31.6 Å². The molecule has 0 aliphatic carbocycles. The van der Waals surface area contributed by atoms with E-state index in [-0.39, 0.29) is 17.9 Å². The first-order chi connectivity index (χ1) is 12.1. The second kappa shape index (κ2) is 7.55. The Morgan fingerprint density at radius 2 is 2.24 bits per heavy atom. The smallest absolute Gasteiger partial charge is 0.289 e. The zero-order valence-corrected chi connectivity index (χ0v) is 14.7. The molecule has 1 atom stereocenters. The van der Waals surface area contributed by atoms with Crippen LogP contribution in [0.4, 0.5) is 0 Å². The maximum Gasteiger partial charge on any atom is 0.289 e. The zero-order chi connectivity index (χ0) is 17.8. The molecule has 2 aromatic heterocycles. The van der Waals surface area contributed by atoms with Gasteiger partial charge in [0.1, 0.15) is 11.6 Å². The Morgan fingerprint density at radius 1 is 1.40 bits per heavy atom. The molecule has 1 aliphatic heterocycles. The first-order valence-corrected chi connectivity index (χ1v) is 8.72. The number of nitrogens with zero attached hydrogens (tertiary/aromatic N) is 3. The van der Waals surface area contributed by atoms with E-state index in [1.54, 1.807) is 12.1 Å². The molecule has 7 heteroatoms. The summed E-state index contributed by atoms with van der Waals surface area (Å²) in [6.45, 7) is 5.21. The van der Waals surface area contributed by atoms with Crippen molar-refractivity contribution in [1.29, 1.82) is 0 Å². The molecular weight excluding hydrogens is 320 g/mol. The third kappa shape index (κ3) is 3.92. The quantitative estimate of drug-likeness (QED) is 0.901. The monoisotopic (exact) mass is 344 g/mol. The molecule has 134 valence electrons. The summed E-state index contributed by atoms with van der Waals surface area (Å²) in [4.78, 5) is 29.9. The summed E-state index contributed by atoms with van der Waals surface area (Å²) < 4.78 is 7.78. The fourth-order valence-electron chi connectivity index (χ4n) is 3.27. The van der Waals surface area contributed by atoms with Gasteiger partial charge < -0.3 is 19.2 Å². The first-order valence-electron chi connectivity index (χ1n) is 8.72. The second-order valence-electron chi connectivity index (χ2n) is 6.33. The number of aromatic nitrogens is 2. The topological polar surface area (TPSA) is 80.4 Å². The van der Waals surface area contributed by atoms with Gasteiger partial charge in [-0.05, 0) is 25.0 Å². The lowest BCUT2D eigenvalue weighted by atomic mass is 10.0. The molecular formula is C18H24N4O3. The van der Waals surface area contributed by atoms with Crippen LogP contribution in [0.2, 0.25) is 0 Å². The molecule has 1 unspecified atom stereocenters. The average molecular weight is 344 g/mol. The number of amides is 2. The fraction of sp³-hybridized carbons (Fsp3) is 0.500. The molecule has 3 heterocycles. The summed E-state index contributed by atoms with van der Waals surface area (Å²) in [5.74, 6) is 1.72. The highest BCUT2D eigenvalue weighted by atomic mass is 16.4. The van der Waals surface area contributed by atoms with Crippen molar-refractivity contribution in [2.45, 2.75) is 45.7 Å². The molecule has 0 radical (unpaired) electrons.